The molecule has 0 saturated carbocycles. The topological polar surface area (TPSA) is 53.2 Å². The van der Waals surface area contributed by atoms with Crippen LogP contribution in [0.4, 0.5) is 0 Å². The fourth-order valence-corrected chi connectivity index (χ4v) is 1.21. The van der Waals surface area contributed by atoms with Crippen molar-refractivity contribution in [3.63, 3.8) is 0 Å². The van der Waals surface area contributed by atoms with E-state index in [4.69, 9.17) is 10.00 Å². The van der Waals surface area contributed by atoms with Gasteiger partial charge in [0.15, 0.2) is 0 Å². The van der Waals surface area contributed by atoms with Gasteiger partial charge in [0.05, 0.1) is 19.3 Å². The number of nitrogens with zero attached hydrogens (tertiary/aromatic N) is 1. The van der Waals surface area contributed by atoms with Crippen LogP contribution in [0, 0.1) is 11.3 Å². The van der Waals surface area contributed by atoms with Gasteiger partial charge in [-0.05, 0) is 24.1 Å². The Kier molecular flexibility index (Phi) is 4.39. The van der Waals surface area contributed by atoms with Crippen molar-refractivity contribution in [1.29, 1.82) is 5.26 Å². The highest BCUT2D eigenvalue weighted by molar-refractivity contribution is 5.28. The van der Waals surface area contributed by atoms with Crippen molar-refractivity contribution >= 4 is 0 Å². The zero-order valence-electron chi connectivity index (χ0n) is 8.55. The summed E-state index contributed by atoms with van der Waals surface area (Å²) in [6.45, 7) is 0. The van der Waals surface area contributed by atoms with Crippen LogP contribution in [0.3, 0.4) is 0 Å². The smallest absolute Gasteiger partial charge is 0.118 e. The Morgan fingerprint density at radius 2 is 2.13 bits per heavy atom. The summed E-state index contributed by atoms with van der Waals surface area (Å²) in [4.78, 5) is 0. The number of hydrogen-bond acceptors (Lipinski definition) is 3. The van der Waals surface area contributed by atoms with Crippen LogP contribution in [0.25, 0.3) is 0 Å². The molecular formula is C12H13NO2. The Balaban J connectivity index is 2.62. The number of hydrogen-bond donors (Lipinski definition) is 1. The number of methoxy groups -OCH3 is 1. The van der Waals surface area contributed by atoms with Gasteiger partial charge in [-0.2, -0.15) is 5.26 Å². The van der Waals surface area contributed by atoms with E-state index in [-0.39, 0.29) is 0 Å². The van der Waals surface area contributed by atoms with Crippen LogP contribution in [-0.2, 0) is 0 Å². The number of aliphatic hydroxyl groups excluding tert-OH is 1. The van der Waals surface area contributed by atoms with Crippen LogP contribution in [0.2, 0.25) is 0 Å². The van der Waals surface area contributed by atoms with Gasteiger partial charge in [-0.15, -0.1) is 0 Å². The second-order valence-corrected chi connectivity index (χ2v) is 3.06. The molecule has 0 aliphatic carbocycles. The van der Waals surface area contributed by atoms with Gasteiger partial charge in [-0.3, -0.25) is 0 Å². The van der Waals surface area contributed by atoms with E-state index in [0.29, 0.717) is 6.42 Å². The zero-order chi connectivity index (χ0) is 11.1. The molecule has 1 aromatic carbocycles. The fourth-order valence-electron chi connectivity index (χ4n) is 1.21. The van der Waals surface area contributed by atoms with Crippen molar-refractivity contribution in [2.24, 2.45) is 0 Å². The van der Waals surface area contributed by atoms with E-state index in [9.17, 15) is 5.11 Å². The third-order valence-corrected chi connectivity index (χ3v) is 2.05. The molecule has 0 bridgehead atoms. The lowest BCUT2D eigenvalue weighted by Crippen LogP contribution is -1.95. The van der Waals surface area contributed by atoms with Gasteiger partial charge in [0.2, 0.25) is 0 Å². The molecule has 1 N–H and O–H groups in total. The van der Waals surface area contributed by atoms with Gasteiger partial charge in [0.25, 0.3) is 0 Å². The monoisotopic (exact) mass is 203 g/mol. The summed E-state index contributed by atoms with van der Waals surface area (Å²) >= 11 is 0. The van der Waals surface area contributed by atoms with E-state index in [2.05, 4.69) is 0 Å². The summed E-state index contributed by atoms with van der Waals surface area (Å²) in [6, 6.07) is 9.10. The van der Waals surface area contributed by atoms with Crippen LogP contribution >= 0.6 is 0 Å². The van der Waals surface area contributed by atoms with Gasteiger partial charge >= 0.3 is 0 Å². The molecule has 1 aromatic rings. The Morgan fingerprint density at radius 1 is 1.47 bits per heavy atom. The molecule has 0 radical (unpaired) electrons. The van der Waals surface area contributed by atoms with Crippen molar-refractivity contribution in [3.8, 4) is 11.8 Å². The van der Waals surface area contributed by atoms with Crippen molar-refractivity contribution < 1.29 is 9.84 Å². The molecule has 0 unspecified atom stereocenters. The highest BCUT2D eigenvalue weighted by atomic mass is 16.5. The first-order valence-corrected chi connectivity index (χ1v) is 4.64. The number of ether oxygens (including phenoxy) is 1. The molecular weight excluding hydrogens is 190 g/mol. The van der Waals surface area contributed by atoms with Crippen molar-refractivity contribution in [1.82, 2.24) is 0 Å². The predicted molar refractivity (Wildman–Crippen MR) is 57.3 cm³/mol. The first kappa shape index (κ1) is 11.3. The molecule has 3 heteroatoms. The van der Waals surface area contributed by atoms with E-state index in [1.165, 1.54) is 6.08 Å². The Morgan fingerprint density at radius 3 is 2.67 bits per heavy atom. The molecule has 0 fully saturated rings. The highest BCUT2D eigenvalue weighted by Crippen LogP contribution is 2.20. The maximum atomic E-state index is 9.71. The second-order valence-electron chi connectivity index (χ2n) is 3.06. The first-order chi connectivity index (χ1) is 7.27. The standard InChI is InChI=1S/C12H13NO2/c1-15-11-7-5-10(6-8-11)12(14)4-2-3-9-13/h2-3,5-8,12,14H,4H2,1H3/b3-2-/t12-/m0/s1. The van der Waals surface area contributed by atoms with E-state index < -0.39 is 6.10 Å². The number of benzene rings is 1. The quantitative estimate of drug-likeness (QED) is 0.763. The predicted octanol–water partition coefficient (Wildman–Crippen LogP) is 2.20. The lowest BCUT2D eigenvalue weighted by Gasteiger charge is -2.08. The average Bonchev–Trinajstić information content (AvgIpc) is 2.29. The summed E-state index contributed by atoms with van der Waals surface area (Å²) in [7, 11) is 1.60. The Bertz CT molecular complexity index is 362. The molecule has 1 rings (SSSR count). The lowest BCUT2D eigenvalue weighted by molar-refractivity contribution is 0.181. The average molecular weight is 203 g/mol. The van der Waals surface area contributed by atoms with E-state index in [1.807, 2.05) is 18.2 Å². The highest BCUT2D eigenvalue weighted by Gasteiger charge is 2.04. The molecule has 0 aliphatic heterocycles. The minimum Gasteiger partial charge on any atom is -0.497 e. The lowest BCUT2D eigenvalue weighted by atomic mass is 10.1. The van der Waals surface area contributed by atoms with E-state index in [0.717, 1.165) is 11.3 Å². The maximum Gasteiger partial charge on any atom is 0.118 e. The molecule has 1 atom stereocenters. The van der Waals surface area contributed by atoms with E-state index >= 15 is 0 Å². The summed E-state index contributed by atoms with van der Waals surface area (Å²) < 4.78 is 5.01. The summed E-state index contributed by atoms with van der Waals surface area (Å²) in [5.74, 6) is 0.763. The summed E-state index contributed by atoms with van der Waals surface area (Å²) in [6.07, 6.45) is 2.89. The normalized spacial score (nSPS) is 12.3. The third-order valence-electron chi connectivity index (χ3n) is 2.05. The zero-order valence-corrected chi connectivity index (χ0v) is 8.55. The number of allylic oxidation sites excluding steroid dienone is 1. The van der Waals surface area contributed by atoms with Crippen molar-refractivity contribution in [2.75, 3.05) is 7.11 Å². The minimum absolute atomic E-state index is 0.444. The van der Waals surface area contributed by atoms with Crippen molar-refractivity contribution in [2.45, 2.75) is 12.5 Å². The van der Waals surface area contributed by atoms with Crippen molar-refractivity contribution in [3.05, 3.63) is 42.0 Å². The third kappa shape index (κ3) is 3.45. The largest absolute Gasteiger partial charge is 0.497 e. The van der Waals surface area contributed by atoms with Crippen LogP contribution in [0.15, 0.2) is 36.4 Å². The van der Waals surface area contributed by atoms with Gasteiger partial charge in [0.1, 0.15) is 5.75 Å². The molecule has 0 saturated heterocycles. The molecule has 0 aromatic heterocycles. The van der Waals surface area contributed by atoms with Gasteiger partial charge < -0.3 is 9.84 Å². The summed E-state index contributed by atoms with van der Waals surface area (Å²) in [5.41, 5.74) is 0.818. The molecule has 0 spiro atoms. The molecule has 15 heavy (non-hydrogen) atoms. The fraction of sp³-hybridized carbons (Fsp3) is 0.250. The second kappa shape index (κ2) is 5.84. The minimum atomic E-state index is -0.569. The van der Waals surface area contributed by atoms with Gasteiger partial charge in [-0.1, -0.05) is 18.2 Å². The number of nitriles is 1. The molecule has 0 heterocycles. The maximum absolute atomic E-state index is 9.71. The van der Waals surface area contributed by atoms with Crippen LogP contribution in [-0.4, -0.2) is 12.2 Å². The van der Waals surface area contributed by atoms with Gasteiger partial charge in [0, 0.05) is 6.08 Å². The SMILES string of the molecule is COc1ccc([C@@H](O)C/C=C\C#N)cc1. The van der Waals surface area contributed by atoms with E-state index in [1.54, 1.807) is 25.3 Å². The Labute approximate surface area is 89.2 Å². The van der Waals surface area contributed by atoms with Crippen LogP contribution in [0.5, 0.6) is 5.75 Å². The molecule has 0 aliphatic rings. The van der Waals surface area contributed by atoms with Crippen LogP contribution < -0.4 is 4.74 Å². The number of aliphatic hydroxyl groups is 1. The van der Waals surface area contributed by atoms with Gasteiger partial charge in [-0.25, -0.2) is 0 Å². The molecule has 78 valence electrons. The number of rotatable bonds is 4. The Hall–Kier alpha value is -1.79. The first-order valence-electron chi connectivity index (χ1n) is 4.64. The molecule has 0 amide bonds. The molecule has 3 nitrogen and oxygen atoms in total. The van der Waals surface area contributed by atoms with Crippen LogP contribution in [0.1, 0.15) is 18.1 Å². The summed E-state index contributed by atoms with van der Waals surface area (Å²) in [5, 5.41) is 18.0.